The van der Waals surface area contributed by atoms with Crippen molar-refractivity contribution in [3.63, 3.8) is 0 Å². The fourth-order valence-electron chi connectivity index (χ4n) is 4.29. The zero-order valence-corrected chi connectivity index (χ0v) is 22.6. The van der Waals surface area contributed by atoms with E-state index in [4.69, 9.17) is 33.4 Å². The van der Waals surface area contributed by atoms with E-state index in [1.165, 1.54) is 0 Å². The predicted octanol–water partition coefficient (Wildman–Crippen LogP) is 3.97. The highest BCUT2D eigenvalue weighted by molar-refractivity contribution is 8.14. The number of aliphatic imine (C=N–C) groups is 1. The van der Waals surface area contributed by atoms with Gasteiger partial charge in [-0.2, -0.15) is 0 Å². The van der Waals surface area contributed by atoms with Gasteiger partial charge < -0.3 is 33.3 Å². The molecule has 1 fully saturated rings. The van der Waals surface area contributed by atoms with Gasteiger partial charge in [0.25, 0.3) is 0 Å². The van der Waals surface area contributed by atoms with Crippen LogP contribution in [0, 0.1) is 0 Å². The smallest absolute Gasteiger partial charge is 0.161 e. The summed E-state index contributed by atoms with van der Waals surface area (Å²) in [5.41, 5.74) is 1.91. The lowest BCUT2D eigenvalue weighted by molar-refractivity contribution is -0.221. The lowest BCUT2D eigenvalue weighted by Gasteiger charge is -2.44. The average molecular weight is 517 g/mol. The molecule has 0 N–H and O–H groups in total. The van der Waals surface area contributed by atoms with Crippen LogP contribution in [0.15, 0.2) is 53.5 Å². The van der Waals surface area contributed by atoms with Gasteiger partial charge in [0.05, 0.1) is 33.5 Å². The molecule has 2 aliphatic rings. The largest absolute Gasteiger partial charge is 0.497 e. The van der Waals surface area contributed by atoms with Gasteiger partial charge in [0, 0.05) is 21.2 Å². The van der Waals surface area contributed by atoms with Crippen LogP contribution in [0.2, 0.25) is 0 Å². The van der Waals surface area contributed by atoms with Crippen molar-refractivity contribution in [2.45, 2.75) is 56.0 Å². The summed E-state index contributed by atoms with van der Waals surface area (Å²) in [7, 11) is 8.99. The Kier molecular flexibility index (Phi) is 9.14. The number of ether oxygens (including phenoxy) is 6. The number of fused-ring (bicyclic) bond motifs is 1. The molecule has 2 heterocycles. The summed E-state index contributed by atoms with van der Waals surface area (Å²) >= 11 is 1.62. The molecule has 0 aliphatic carbocycles. The Hall–Kier alpha value is -2.30. The van der Waals surface area contributed by atoms with E-state index in [0.29, 0.717) is 13.2 Å². The highest BCUT2D eigenvalue weighted by Crippen LogP contribution is 2.41. The van der Waals surface area contributed by atoms with E-state index in [1.807, 2.05) is 74.4 Å². The van der Waals surface area contributed by atoms with Crippen molar-refractivity contribution in [1.29, 1.82) is 0 Å². The number of benzene rings is 2. The first-order chi connectivity index (χ1) is 17.4. The first kappa shape index (κ1) is 26.8. The van der Waals surface area contributed by atoms with E-state index in [9.17, 15) is 0 Å². The zero-order chi connectivity index (χ0) is 25.7. The second kappa shape index (κ2) is 12.3. The topological polar surface area (TPSA) is 71.0 Å². The molecule has 2 aliphatic heterocycles. The standard InChI is InChI=1S/C27H36N2O6S/c1-17(30-4)23-25(34-16-19-9-13-21(32-6)14-10-19)24(22-26(35-23)36-27(28-22)29(2)3)33-15-18-7-11-20(31-5)12-8-18/h7-14,17,22-26H,15-16H2,1-6H3/t17?,22-,23-,24?,25?,26-/m1/s1. The van der Waals surface area contributed by atoms with Gasteiger partial charge in [-0.1, -0.05) is 36.0 Å². The average Bonchev–Trinajstić information content (AvgIpc) is 3.35. The van der Waals surface area contributed by atoms with Gasteiger partial charge in [-0.3, -0.25) is 4.99 Å². The Balaban J connectivity index is 1.59. The van der Waals surface area contributed by atoms with Gasteiger partial charge in [0.15, 0.2) is 5.17 Å². The summed E-state index contributed by atoms with van der Waals surface area (Å²) in [5, 5.41) is 0.919. The van der Waals surface area contributed by atoms with Crippen LogP contribution >= 0.6 is 11.8 Å². The first-order valence-corrected chi connectivity index (χ1v) is 12.9. The highest BCUT2D eigenvalue weighted by Gasteiger charge is 2.52. The summed E-state index contributed by atoms with van der Waals surface area (Å²) in [5.74, 6) is 1.62. The molecule has 4 rings (SSSR count). The molecule has 0 aromatic heterocycles. The summed E-state index contributed by atoms with van der Waals surface area (Å²) in [6.45, 7) is 2.83. The maximum Gasteiger partial charge on any atom is 0.161 e. The second-order valence-corrected chi connectivity index (χ2v) is 10.1. The Morgan fingerprint density at radius 1 is 0.861 bits per heavy atom. The van der Waals surface area contributed by atoms with Gasteiger partial charge in [-0.25, -0.2) is 0 Å². The van der Waals surface area contributed by atoms with Crippen LogP contribution in [0.1, 0.15) is 18.1 Å². The normalized spacial score (nSPS) is 26.2. The molecule has 1 saturated heterocycles. The van der Waals surface area contributed by atoms with E-state index >= 15 is 0 Å². The Morgan fingerprint density at radius 2 is 1.39 bits per heavy atom. The SMILES string of the molecule is COc1ccc(COC2C(OCc3ccc(OC)cc3)[C@H]3N=C(N(C)C)S[C@H]3O[C@@H]2C(C)OC)cc1. The molecule has 2 aromatic carbocycles. The van der Waals surface area contributed by atoms with Crippen LogP contribution in [-0.4, -0.2) is 81.4 Å². The van der Waals surface area contributed by atoms with Crippen LogP contribution in [0.5, 0.6) is 11.5 Å². The van der Waals surface area contributed by atoms with Gasteiger partial charge >= 0.3 is 0 Å². The van der Waals surface area contributed by atoms with E-state index in [0.717, 1.165) is 27.8 Å². The minimum absolute atomic E-state index is 0.174. The maximum absolute atomic E-state index is 6.59. The number of hydrogen-bond donors (Lipinski definition) is 0. The first-order valence-electron chi connectivity index (χ1n) is 12.0. The fourth-order valence-corrected chi connectivity index (χ4v) is 5.43. The molecule has 0 amide bonds. The van der Waals surface area contributed by atoms with E-state index in [1.54, 1.807) is 33.1 Å². The molecular weight excluding hydrogens is 480 g/mol. The minimum atomic E-state index is -0.382. The summed E-state index contributed by atoms with van der Waals surface area (Å²) in [6.07, 6.45) is -1.22. The number of thioether (sulfide) groups is 1. The Morgan fingerprint density at radius 3 is 1.86 bits per heavy atom. The molecule has 2 aromatic rings. The maximum atomic E-state index is 6.59. The van der Waals surface area contributed by atoms with Gasteiger partial charge in [-0.15, -0.1) is 0 Å². The Bertz CT molecular complexity index is 1000. The van der Waals surface area contributed by atoms with Crippen molar-refractivity contribution in [3.8, 4) is 11.5 Å². The summed E-state index contributed by atoms with van der Waals surface area (Å²) in [4.78, 5) is 6.99. The Labute approximate surface area is 217 Å². The van der Waals surface area contributed by atoms with E-state index in [2.05, 4.69) is 0 Å². The molecule has 0 saturated carbocycles. The van der Waals surface area contributed by atoms with Crippen molar-refractivity contribution >= 4 is 16.9 Å². The molecular formula is C27H36N2O6S. The third kappa shape index (κ3) is 6.15. The van der Waals surface area contributed by atoms with E-state index < -0.39 is 0 Å². The van der Waals surface area contributed by atoms with Crippen molar-refractivity contribution < 1.29 is 28.4 Å². The van der Waals surface area contributed by atoms with Crippen molar-refractivity contribution in [1.82, 2.24) is 4.90 Å². The minimum Gasteiger partial charge on any atom is -0.497 e. The molecule has 0 bridgehead atoms. The summed E-state index contributed by atoms with van der Waals surface area (Å²) in [6, 6.07) is 15.6. The lowest BCUT2D eigenvalue weighted by atomic mass is 9.94. The quantitative estimate of drug-likeness (QED) is 0.470. The van der Waals surface area contributed by atoms with Gasteiger partial charge in [0.1, 0.15) is 41.3 Å². The van der Waals surface area contributed by atoms with Crippen molar-refractivity contribution in [3.05, 3.63) is 59.7 Å². The van der Waals surface area contributed by atoms with E-state index in [-0.39, 0.29) is 35.9 Å². The number of amidine groups is 1. The fraction of sp³-hybridized carbons (Fsp3) is 0.519. The van der Waals surface area contributed by atoms with Gasteiger partial charge in [0.2, 0.25) is 0 Å². The molecule has 36 heavy (non-hydrogen) atoms. The molecule has 3 unspecified atom stereocenters. The lowest BCUT2D eigenvalue weighted by Crippen LogP contribution is -2.59. The number of methoxy groups -OCH3 is 3. The van der Waals surface area contributed by atoms with Crippen LogP contribution in [0.25, 0.3) is 0 Å². The van der Waals surface area contributed by atoms with Crippen molar-refractivity contribution in [2.24, 2.45) is 4.99 Å². The van der Waals surface area contributed by atoms with Crippen molar-refractivity contribution in [2.75, 3.05) is 35.4 Å². The summed E-state index contributed by atoms with van der Waals surface area (Å²) < 4.78 is 36.0. The predicted molar refractivity (Wildman–Crippen MR) is 141 cm³/mol. The molecule has 6 atom stereocenters. The van der Waals surface area contributed by atoms with Crippen LogP contribution in [0.3, 0.4) is 0 Å². The van der Waals surface area contributed by atoms with Crippen LogP contribution in [0.4, 0.5) is 0 Å². The molecule has 9 heteroatoms. The molecule has 0 spiro atoms. The second-order valence-electron chi connectivity index (χ2n) is 9.07. The van der Waals surface area contributed by atoms with Crippen LogP contribution < -0.4 is 9.47 Å². The number of hydrogen-bond acceptors (Lipinski definition) is 9. The molecule has 196 valence electrons. The molecule has 8 nitrogen and oxygen atoms in total. The van der Waals surface area contributed by atoms with Gasteiger partial charge in [-0.05, 0) is 42.3 Å². The molecule has 0 radical (unpaired) electrons. The van der Waals surface area contributed by atoms with Crippen LogP contribution in [-0.2, 0) is 32.2 Å². The number of rotatable bonds is 10. The monoisotopic (exact) mass is 516 g/mol. The number of nitrogens with zero attached hydrogens (tertiary/aromatic N) is 2. The zero-order valence-electron chi connectivity index (χ0n) is 21.7. The third-order valence-corrected chi connectivity index (χ3v) is 7.76. The highest BCUT2D eigenvalue weighted by atomic mass is 32.2. The third-order valence-electron chi connectivity index (χ3n) is 6.46.